The zero-order valence-electron chi connectivity index (χ0n) is 24.1. The lowest BCUT2D eigenvalue weighted by Crippen LogP contribution is -2.48. The average Bonchev–Trinajstić information content (AvgIpc) is 3.70. The van der Waals surface area contributed by atoms with Gasteiger partial charge in [0.05, 0.1) is 22.1 Å². The van der Waals surface area contributed by atoms with E-state index in [0.29, 0.717) is 18.7 Å². The molecule has 0 spiro atoms. The summed E-state index contributed by atoms with van der Waals surface area (Å²) in [6.07, 6.45) is 1.45. The van der Waals surface area contributed by atoms with E-state index in [4.69, 9.17) is 4.52 Å². The SMILES string of the molecule is Cc1ncsc1-c1ccc([C@H](C)NC(=O)[C@@H]2CCCN2C(=O)C(c2cc(N3CCN(C)CC3)no2)C(C)C)cc1. The topological polar surface area (TPSA) is 94.8 Å². The molecule has 2 saturated heterocycles. The van der Waals surface area contributed by atoms with Crippen molar-refractivity contribution >= 4 is 29.0 Å². The smallest absolute Gasteiger partial charge is 0.243 e. The maximum atomic E-state index is 13.9. The summed E-state index contributed by atoms with van der Waals surface area (Å²) >= 11 is 1.63. The van der Waals surface area contributed by atoms with Crippen LogP contribution in [0.25, 0.3) is 10.4 Å². The fraction of sp³-hybridized carbons (Fsp3) is 0.533. The van der Waals surface area contributed by atoms with Gasteiger partial charge in [-0.05, 0) is 50.8 Å². The first-order valence-electron chi connectivity index (χ1n) is 14.2. The van der Waals surface area contributed by atoms with Gasteiger partial charge in [-0.15, -0.1) is 11.3 Å². The van der Waals surface area contributed by atoms with Crippen LogP contribution in [0.4, 0.5) is 5.82 Å². The molecule has 2 fully saturated rings. The second kappa shape index (κ2) is 12.1. The molecule has 0 saturated carbocycles. The molecular formula is C30H40N6O3S. The van der Waals surface area contributed by atoms with E-state index in [1.54, 1.807) is 16.2 Å². The molecule has 214 valence electrons. The number of nitrogens with one attached hydrogen (secondary N) is 1. The van der Waals surface area contributed by atoms with Gasteiger partial charge in [-0.3, -0.25) is 9.59 Å². The van der Waals surface area contributed by atoms with Crippen molar-refractivity contribution in [2.45, 2.75) is 58.5 Å². The number of likely N-dealkylation sites (tertiary alicyclic amines) is 1. The van der Waals surface area contributed by atoms with E-state index in [1.165, 1.54) is 0 Å². The van der Waals surface area contributed by atoms with Gasteiger partial charge in [0, 0.05) is 38.8 Å². The third kappa shape index (κ3) is 5.93. The Morgan fingerprint density at radius 3 is 2.45 bits per heavy atom. The predicted octanol–water partition coefficient (Wildman–Crippen LogP) is 4.47. The zero-order chi connectivity index (χ0) is 28.4. The highest BCUT2D eigenvalue weighted by molar-refractivity contribution is 7.13. The highest BCUT2D eigenvalue weighted by Crippen LogP contribution is 2.33. The number of thiazole rings is 1. The normalized spacial score (nSPS) is 19.7. The summed E-state index contributed by atoms with van der Waals surface area (Å²) in [5.74, 6) is 0.698. The van der Waals surface area contributed by atoms with Crippen molar-refractivity contribution in [2.75, 3.05) is 44.7 Å². The Labute approximate surface area is 240 Å². The number of rotatable bonds is 8. The second-order valence-corrected chi connectivity index (χ2v) is 12.3. The van der Waals surface area contributed by atoms with Crippen molar-refractivity contribution < 1.29 is 14.1 Å². The number of piperazine rings is 1. The van der Waals surface area contributed by atoms with Crippen LogP contribution in [0.2, 0.25) is 0 Å². The summed E-state index contributed by atoms with van der Waals surface area (Å²) in [7, 11) is 2.11. The van der Waals surface area contributed by atoms with Gasteiger partial charge in [0.1, 0.15) is 12.0 Å². The van der Waals surface area contributed by atoms with E-state index < -0.39 is 12.0 Å². The first kappa shape index (κ1) is 28.3. The van der Waals surface area contributed by atoms with Crippen LogP contribution in [0, 0.1) is 12.8 Å². The van der Waals surface area contributed by atoms with Gasteiger partial charge in [-0.1, -0.05) is 43.3 Å². The van der Waals surface area contributed by atoms with E-state index in [0.717, 1.165) is 60.1 Å². The lowest BCUT2D eigenvalue weighted by molar-refractivity contribution is -0.141. The van der Waals surface area contributed by atoms with E-state index >= 15 is 0 Å². The van der Waals surface area contributed by atoms with Gasteiger partial charge in [0.25, 0.3) is 0 Å². The number of carbonyl (C=O) groups excluding carboxylic acids is 2. The van der Waals surface area contributed by atoms with E-state index in [2.05, 4.69) is 44.4 Å². The molecule has 3 aromatic rings. The molecule has 3 atom stereocenters. The van der Waals surface area contributed by atoms with Gasteiger partial charge in [0.2, 0.25) is 11.8 Å². The van der Waals surface area contributed by atoms with E-state index in [9.17, 15) is 9.59 Å². The van der Waals surface area contributed by atoms with Crippen molar-refractivity contribution in [3.05, 3.63) is 52.9 Å². The van der Waals surface area contributed by atoms with Crippen LogP contribution in [0.5, 0.6) is 0 Å². The van der Waals surface area contributed by atoms with Gasteiger partial charge in [-0.25, -0.2) is 4.98 Å². The maximum Gasteiger partial charge on any atom is 0.243 e. The molecule has 9 nitrogen and oxygen atoms in total. The van der Waals surface area contributed by atoms with Crippen LogP contribution >= 0.6 is 11.3 Å². The number of aryl methyl sites for hydroxylation is 1. The molecule has 10 heteroatoms. The Hall–Kier alpha value is -3.24. The highest BCUT2D eigenvalue weighted by atomic mass is 32.1. The summed E-state index contributed by atoms with van der Waals surface area (Å²) in [5, 5.41) is 7.47. The standard InChI is InChI=1S/C30H40N6O3S/c1-19(2)27(25-17-26(33-39-25)35-15-13-34(5)14-16-35)30(38)36-12-6-7-24(36)29(37)32-20(3)22-8-10-23(11-9-22)28-21(4)31-18-40-28/h8-11,17-20,24,27H,6-7,12-16H2,1-5H3,(H,32,37)/t20-,24-,27?/m0/s1. The molecule has 2 aromatic heterocycles. The van der Waals surface area contributed by atoms with Crippen molar-refractivity contribution in [1.29, 1.82) is 0 Å². The first-order chi connectivity index (χ1) is 19.2. The van der Waals surface area contributed by atoms with Crippen LogP contribution < -0.4 is 10.2 Å². The molecule has 2 aliphatic heterocycles. The number of anilines is 1. The van der Waals surface area contributed by atoms with Crippen molar-refractivity contribution in [1.82, 2.24) is 25.3 Å². The third-order valence-electron chi connectivity index (χ3n) is 8.20. The number of benzene rings is 1. The molecule has 1 unspecified atom stereocenters. The highest BCUT2D eigenvalue weighted by Gasteiger charge is 2.40. The summed E-state index contributed by atoms with van der Waals surface area (Å²) in [4.78, 5) is 39.1. The van der Waals surface area contributed by atoms with Gasteiger partial charge >= 0.3 is 0 Å². The number of likely N-dealkylation sites (N-methyl/N-ethyl adjacent to an activating group) is 1. The first-order valence-corrected chi connectivity index (χ1v) is 15.1. The lowest BCUT2D eigenvalue weighted by Gasteiger charge is -2.32. The molecule has 0 aliphatic carbocycles. The van der Waals surface area contributed by atoms with Crippen molar-refractivity contribution in [2.24, 2.45) is 5.92 Å². The van der Waals surface area contributed by atoms with Crippen LogP contribution in [0.15, 0.2) is 40.4 Å². The Balaban J connectivity index is 1.25. The summed E-state index contributed by atoms with van der Waals surface area (Å²) in [6, 6.07) is 9.49. The quantitative estimate of drug-likeness (QED) is 0.432. The lowest BCUT2D eigenvalue weighted by atomic mass is 9.91. The average molecular weight is 565 g/mol. The number of nitrogens with zero attached hydrogens (tertiary/aromatic N) is 5. The van der Waals surface area contributed by atoms with Crippen LogP contribution in [0.3, 0.4) is 0 Å². The third-order valence-corrected chi connectivity index (χ3v) is 9.18. The number of hydrogen-bond acceptors (Lipinski definition) is 8. The second-order valence-electron chi connectivity index (χ2n) is 11.4. The molecule has 4 heterocycles. The molecular weight excluding hydrogens is 524 g/mol. The zero-order valence-corrected chi connectivity index (χ0v) is 24.9. The number of carbonyl (C=O) groups is 2. The Bertz CT molecular complexity index is 1310. The molecule has 2 amide bonds. The van der Waals surface area contributed by atoms with E-state index in [-0.39, 0.29) is 23.8 Å². The summed E-state index contributed by atoms with van der Waals surface area (Å²) in [5.41, 5.74) is 5.02. The maximum absolute atomic E-state index is 13.9. The Kier molecular flexibility index (Phi) is 8.56. The van der Waals surface area contributed by atoms with Crippen molar-refractivity contribution in [3.8, 4) is 10.4 Å². The molecule has 0 radical (unpaired) electrons. The van der Waals surface area contributed by atoms with Crippen molar-refractivity contribution in [3.63, 3.8) is 0 Å². The summed E-state index contributed by atoms with van der Waals surface area (Å²) < 4.78 is 5.75. The Morgan fingerprint density at radius 1 is 1.07 bits per heavy atom. The monoisotopic (exact) mass is 564 g/mol. The van der Waals surface area contributed by atoms with E-state index in [1.807, 2.05) is 51.4 Å². The number of amides is 2. The Morgan fingerprint density at radius 2 is 1.80 bits per heavy atom. The number of aromatic nitrogens is 2. The largest absolute Gasteiger partial charge is 0.358 e. The summed E-state index contributed by atoms with van der Waals surface area (Å²) in [6.45, 7) is 12.3. The molecule has 40 heavy (non-hydrogen) atoms. The van der Waals surface area contributed by atoms with Gasteiger partial charge in [-0.2, -0.15) is 0 Å². The minimum Gasteiger partial charge on any atom is -0.358 e. The molecule has 2 aliphatic rings. The number of hydrogen-bond donors (Lipinski definition) is 1. The molecule has 1 N–H and O–H groups in total. The van der Waals surface area contributed by atoms with Crippen LogP contribution in [-0.2, 0) is 9.59 Å². The minimum absolute atomic E-state index is 0.00437. The van der Waals surface area contributed by atoms with Gasteiger partial charge in [0.15, 0.2) is 11.6 Å². The molecule has 0 bridgehead atoms. The molecule has 5 rings (SSSR count). The fourth-order valence-corrected chi connectivity index (χ4v) is 6.53. The fourth-order valence-electron chi connectivity index (χ4n) is 5.72. The van der Waals surface area contributed by atoms with Crippen LogP contribution in [-0.4, -0.2) is 77.6 Å². The molecule has 1 aromatic carbocycles. The van der Waals surface area contributed by atoms with Gasteiger partial charge < -0.3 is 24.5 Å². The van der Waals surface area contributed by atoms with Crippen LogP contribution in [0.1, 0.15) is 62.6 Å². The predicted molar refractivity (Wildman–Crippen MR) is 157 cm³/mol. The minimum atomic E-state index is -0.490.